The van der Waals surface area contributed by atoms with Crippen LogP contribution in [0, 0.1) is 0 Å². The molecule has 11 nitrogen and oxygen atoms in total. The Kier molecular flexibility index (Phi) is 7.95. The van der Waals surface area contributed by atoms with Gasteiger partial charge in [-0.15, -0.1) is 0 Å². The molecular weight excluding hydrogens is 440 g/mol. The number of phenolic OH excluding ortho intramolecular Hbond substituents is 1. The molecule has 0 aliphatic carbocycles. The van der Waals surface area contributed by atoms with E-state index in [1.807, 2.05) is 0 Å². The monoisotopic (exact) mass is 466 g/mol. The number of phenols is 1. The van der Waals surface area contributed by atoms with Gasteiger partial charge in [-0.2, -0.15) is 0 Å². The second-order valence-electron chi connectivity index (χ2n) is 7.22. The molecule has 1 heterocycles. The van der Waals surface area contributed by atoms with Gasteiger partial charge in [0.05, 0.1) is 20.8 Å². The molecule has 1 aliphatic rings. The van der Waals surface area contributed by atoms with Gasteiger partial charge in [0.15, 0.2) is 0 Å². The van der Waals surface area contributed by atoms with Crippen LogP contribution in [0.15, 0.2) is 36.4 Å². The molecule has 0 aromatic heterocycles. The van der Waals surface area contributed by atoms with E-state index in [9.17, 15) is 30.3 Å². The van der Waals surface area contributed by atoms with Crippen LogP contribution in [-0.4, -0.2) is 83.0 Å². The summed E-state index contributed by atoms with van der Waals surface area (Å²) in [6.07, 6.45) is -7.42. The Balaban J connectivity index is 1.79. The molecule has 0 spiro atoms. The summed E-state index contributed by atoms with van der Waals surface area (Å²) in [6.45, 7) is -0.965. The molecule has 5 atom stereocenters. The molecule has 0 amide bonds. The Morgan fingerprint density at radius 2 is 1.64 bits per heavy atom. The van der Waals surface area contributed by atoms with Gasteiger partial charge < -0.3 is 49.2 Å². The quantitative estimate of drug-likeness (QED) is 0.331. The number of methoxy groups -OCH3 is 2. The van der Waals surface area contributed by atoms with Crippen molar-refractivity contribution in [1.29, 1.82) is 0 Å². The number of esters is 1. The van der Waals surface area contributed by atoms with Crippen LogP contribution < -0.4 is 14.2 Å². The number of aromatic hydroxyl groups is 1. The third-order valence-corrected chi connectivity index (χ3v) is 5.13. The zero-order valence-corrected chi connectivity index (χ0v) is 18.0. The summed E-state index contributed by atoms with van der Waals surface area (Å²) in [5.74, 6) is -0.346. The molecular formula is C22H26O11. The first-order valence-corrected chi connectivity index (χ1v) is 9.97. The number of carbonyl (C=O) groups is 1. The SMILES string of the molecule is COc1cccc(OC)c1C(=O)OCc1cc(O)ccc1O[C@H]1O[C@@H](CO)[C@H](O)[C@@H](O)[C@H]1O. The molecule has 2 aromatic rings. The van der Waals surface area contributed by atoms with E-state index in [4.69, 9.17) is 23.7 Å². The van der Waals surface area contributed by atoms with Crippen molar-refractivity contribution in [1.82, 2.24) is 0 Å². The van der Waals surface area contributed by atoms with E-state index < -0.39 is 43.3 Å². The van der Waals surface area contributed by atoms with Crippen LogP contribution in [0.3, 0.4) is 0 Å². The summed E-state index contributed by atoms with van der Waals surface area (Å²) in [7, 11) is 2.79. The molecule has 1 fully saturated rings. The lowest BCUT2D eigenvalue weighted by molar-refractivity contribution is -0.277. The lowest BCUT2D eigenvalue weighted by Gasteiger charge is -2.39. The van der Waals surface area contributed by atoms with Gasteiger partial charge >= 0.3 is 5.97 Å². The Morgan fingerprint density at radius 3 is 2.24 bits per heavy atom. The van der Waals surface area contributed by atoms with Gasteiger partial charge in [-0.3, -0.25) is 0 Å². The maximum atomic E-state index is 12.7. The van der Waals surface area contributed by atoms with Crippen LogP contribution in [-0.2, 0) is 16.1 Å². The Morgan fingerprint density at radius 1 is 0.970 bits per heavy atom. The van der Waals surface area contributed by atoms with Gasteiger partial charge in [0.25, 0.3) is 0 Å². The smallest absolute Gasteiger partial charge is 0.346 e. The third-order valence-electron chi connectivity index (χ3n) is 5.13. The largest absolute Gasteiger partial charge is 0.508 e. The van der Waals surface area contributed by atoms with Crippen molar-refractivity contribution in [3.63, 3.8) is 0 Å². The van der Waals surface area contributed by atoms with E-state index in [0.29, 0.717) is 0 Å². The van der Waals surface area contributed by atoms with E-state index in [1.165, 1.54) is 32.4 Å². The number of benzene rings is 2. The van der Waals surface area contributed by atoms with Gasteiger partial charge in [-0.25, -0.2) is 4.79 Å². The molecule has 2 aromatic carbocycles. The lowest BCUT2D eigenvalue weighted by atomic mass is 9.99. The molecule has 1 aliphatic heterocycles. The predicted octanol–water partition coefficient (Wildman–Crippen LogP) is -0.0549. The highest BCUT2D eigenvalue weighted by molar-refractivity contribution is 5.95. The molecule has 1 saturated heterocycles. The van der Waals surface area contributed by atoms with E-state index in [0.717, 1.165) is 0 Å². The Labute approximate surface area is 189 Å². The van der Waals surface area contributed by atoms with Gasteiger partial charge in [-0.1, -0.05) is 6.07 Å². The number of carbonyl (C=O) groups excluding carboxylic acids is 1. The van der Waals surface area contributed by atoms with E-state index in [2.05, 4.69) is 0 Å². The summed E-state index contributed by atoms with van der Waals surface area (Å²) in [5.41, 5.74) is 0.285. The Bertz CT molecular complexity index is 939. The van der Waals surface area contributed by atoms with Crippen LogP contribution in [0.2, 0.25) is 0 Å². The molecule has 3 rings (SSSR count). The zero-order chi connectivity index (χ0) is 24.1. The normalized spacial score (nSPS) is 24.7. The van der Waals surface area contributed by atoms with E-state index in [1.54, 1.807) is 18.2 Å². The van der Waals surface area contributed by atoms with Crippen molar-refractivity contribution in [2.75, 3.05) is 20.8 Å². The lowest BCUT2D eigenvalue weighted by Crippen LogP contribution is -2.60. The van der Waals surface area contributed by atoms with Crippen LogP contribution in [0.4, 0.5) is 0 Å². The van der Waals surface area contributed by atoms with Gasteiger partial charge in [0, 0.05) is 5.56 Å². The maximum absolute atomic E-state index is 12.7. The number of ether oxygens (including phenoxy) is 5. The van der Waals surface area contributed by atoms with Crippen LogP contribution in [0.5, 0.6) is 23.0 Å². The standard InChI is InChI=1S/C22H26O11/c1-29-14-4-3-5-15(30-2)17(14)21(28)31-10-11-8-12(24)6-7-13(11)32-22-20(27)19(26)18(25)16(9-23)33-22/h3-8,16,18-20,22-27H,9-10H2,1-2H3/t16-,18-,19+,20+,22-/m0/s1. The van der Waals surface area contributed by atoms with Crippen LogP contribution in [0.1, 0.15) is 15.9 Å². The fourth-order valence-corrected chi connectivity index (χ4v) is 3.35. The number of hydrogen-bond donors (Lipinski definition) is 5. The first-order valence-electron chi connectivity index (χ1n) is 9.97. The second-order valence-corrected chi connectivity index (χ2v) is 7.22. The zero-order valence-electron chi connectivity index (χ0n) is 18.0. The molecule has 0 bridgehead atoms. The maximum Gasteiger partial charge on any atom is 0.346 e. The topological polar surface area (TPSA) is 164 Å². The van der Waals surface area contributed by atoms with Gasteiger partial charge in [0.1, 0.15) is 59.6 Å². The summed E-state index contributed by atoms with van der Waals surface area (Å²) >= 11 is 0. The number of rotatable bonds is 8. The molecule has 33 heavy (non-hydrogen) atoms. The Hall–Kier alpha value is -3.09. The van der Waals surface area contributed by atoms with Crippen LogP contribution >= 0.6 is 0 Å². The fraction of sp³-hybridized carbons (Fsp3) is 0.409. The van der Waals surface area contributed by atoms with Crippen molar-refractivity contribution in [2.45, 2.75) is 37.3 Å². The molecule has 5 N–H and O–H groups in total. The minimum absolute atomic E-state index is 0.0666. The van der Waals surface area contributed by atoms with Gasteiger partial charge in [0.2, 0.25) is 6.29 Å². The highest BCUT2D eigenvalue weighted by Gasteiger charge is 2.44. The summed E-state index contributed by atoms with van der Waals surface area (Å²) in [4.78, 5) is 12.7. The second kappa shape index (κ2) is 10.7. The van der Waals surface area contributed by atoms with Crippen molar-refractivity contribution in [3.05, 3.63) is 47.5 Å². The number of aliphatic hydroxyl groups is 4. The van der Waals surface area contributed by atoms with Crippen molar-refractivity contribution >= 4 is 5.97 Å². The first-order chi connectivity index (χ1) is 15.8. The average Bonchev–Trinajstić information content (AvgIpc) is 2.83. The number of aliphatic hydroxyl groups excluding tert-OH is 4. The van der Waals surface area contributed by atoms with Gasteiger partial charge in [-0.05, 0) is 30.3 Å². The van der Waals surface area contributed by atoms with Crippen molar-refractivity contribution in [2.24, 2.45) is 0 Å². The highest BCUT2D eigenvalue weighted by atomic mass is 16.7. The third kappa shape index (κ3) is 5.29. The van der Waals surface area contributed by atoms with Crippen LogP contribution in [0.25, 0.3) is 0 Å². The molecule has 0 radical (unpaired) electrons. The number of hydrogen-bond acceptors (Lipinski definition) is 11. The van der Waals surface area contributed by atoms with E-state index >= 15 is 0 Å². The fourth-order valence-electron chi connectivity index (χ4n) is 3.35. The molecule has 0 saturated carbocycles. The van der Waals surface area contributed by atoms with Crippen molar-refractivity contribution in [3.8, 4) is 23.0 Å². The highest BCUT2D eigenvalue weighted by Crippen LogP contribution is 2.32. The summed E-state index contributed by atoms with van der Waals surface area (Å²) in [5, 5.41) is 49.3. The minimum atomic E-state index is -1.63. The first kappa shape index (κ1) is 24.6. The average molecular weight is 466 g/mol. The summed E-state index contributed by atoms with van der Waals surface area (Å²) < 4.78 is 26.7. The minimum Gasteiger partial charge on any atom is -0.508 e. The van der Waals surface area contributed by atoms with E-state index in [-0.39, 0.29) is 40.7 Å². The summed E-state index contributed by atoms with van der Waals surface area (Å²) in [6, 6.07) is 8.72. The molecule has 11 heteroatoms. The molecule has 180 valence electrons. The van der Waals surface area contributed by atoms with Crippen molar-refractivity contribution < 1.29 is 54.0 Å². The molecule has 0 unspecified atom stereocenters. The predicted molar refractivity (Wildman–Crippen MR) is 111 cm³/mol.